The maximum atomic E-state index is 12.5. The van der Waals surface area contributed by atoms with Gasteiger partial charge in [-0.15, -0.1) is 0 Å². The Morgan fingerprint density at radius 1 is 1.17 bits per heavy atom. The van der Waals surface area contributed by atoms with Gasteiger partial charge in [-0.3, -0.25) is 4.79 Å². The van der Waals surface area contributed by atoms with Crippen molar-refractivity contribution in [2.24, 2.45) is 0 Å². The molecule has 0 radical (unpaired) electrons. The molecule has 0 aliphatic carbocycles. The van der Waals surface area contributed by atoms with Crippen molar-refractivity contribution in [1.29, 1.82) is 0 Å². The van der Waals surface area contributed by atoms with Crippen molar-refractivity contribution in [2.75, 3.05) is 0 Å². The maximum Gasteiger partial charge on any atom is 0.174 e. The third kappa shape index (κ3) is 2.65. The minimum absolute atomic E-state index is 0.000782. The number of phenols is 3. The number of carbonyl (C=O) groups excluding carboxylic acids is 1. The van der Waals surface area contributed by atoms with E-state index in [1.165, 1.54) is 12.1 Å². The first-order chi connectivity index (χ1) is 11.4. The van der Waals surface area contributed by atoms with Crippen LogP contribution in [-0.2, 0) is 6.42 Å². The second-order valence-electron chi connectivity index (χ2n) is 5.77. The van der Waals surface area contributed by atoms with Gasteiger partial charge in [-0.1, -0.05) is 37.1 Å². The van der Waals surface area contributed by atoms with E-state index in [1.807, 2.05) is 6.92 Å². The van der Waals surface area contributed by atoms with Crippen LogP contribution in [0.5, 0.6) is 23.0 Å². The molecule has 0 bridgehead atoms. The fourth-order valence-electron chi connectivity index (χ4n) is 2.91. The van der Waals surface area contributed by atoms with E-state index in [-0.39, 0.29) is 51.4 Å². The predicted octanol–water partition coefficient (Wildman–Crippen LogP) is 4.12. The number of Topliss-reactive ketones (excluding diaryl/α,β-unsaturated/α-hetero) is 1. The van der Waals surface area contributed by atoms with E-state index in [1.54, 1.807) is 12.1 Å². The zero-order chi connectivity index (χ0) is 17.4. The van der Waals surface area contributed by atoms with Gasteiger partial charge in [-0.2, -0.15) is 0 Å². The molecule has 2 aromatic rings. The normalized spacial score (nSPS) is 16.6. The van der Waals surface area contributed by atoms with E-state index >= 15 is 0 Å². The van der Waals surface area contributed by atoms with Gasteiger partial charge in [0, 0.05) is 5.56 Å². The highest BCUT2D eigenvalue weighted by molar-refractivity contribution is 6.34. The summed E-state index contributed by atoms with van der Waals surface area (Å²) in [7, 11) is 0. The molecular formula is C18H17ClO5. The summed E-state index contributed by atoms with van der Waals surface area (Å²) in [5.74, 6) is -0.706. The molecule has 0 amide bonds. The molecule has 126 valence electrons. The summed E-state index contributed by atoms with van der Waals surface area (Å²) in [6.45, 7) is 1.89. The van der Waals surface area contributed by atoms with Gasteiger partial charge < -0.3 is 20.1 Å². The number of fused-ring (bicyclic) bond motifs is 1. The van der Waals surface area contributed by atoms with Crippen LogP contribution in [0.15, 0.2) is 24.3 Å². The zero-order valence-electron chi connectivity index (χ0n) is 13.0. The summed E-state index contributed by atoms with van der Waals surface area (Å²) in [6.07, 6.45) is 0.526. The van der Waals surface area contributed by atoms with E-state index in [2.05, 4.69) is 0 Å². The molecular weight excluding hydrogens is 332 g/mol. The van der Waals surface area contributed by atoms with Crippen LogP contribution in [-0.4, -0.2) is 21.1 Å². The Bertz CT molecular complexity index is 798. The van der Waals surface area contributed by atoms with Crippen LogP contribution in [0.25, 0.3) is 0 Å². The molecule has 6 heteroatoms. The van der Waals surface area contributed by atoms with Gasteiger partial charge in [-0.05, 0) is 24.1 Å². The van der Waals surface area contributed by atoms with Crippen LogP contribution in [0.2, 0.25) is 5.02 Å². The summed E-state index contributed by atoms with van der Waals surface area (Å²) in [5.41, 5.74) is 0.983. The smallest absolute Gasteiger partial charge is 0.174 e. The Kier molecular flexibility index (Phi) is 4.28. The Labute approximate surface area is 144 Å². The number of hydrogen-bond acceptors (Lipinski definition) is 5. The van der Waals surface area contributed by atoms with Gasteiger partial charge in [0.25, 0.3) is 0 Å². The molecule has 0 fully saturated rings. The average Bonchev–Trinajstić information content (AvgIpc) is 2.56. The van der Waals surface area contributed by atoms with Crippen LogP contribution in [0.1, 0.15) is 47.4 Å². The lowest BCUT2D eigenvalue weighted by atomic mass is 9.92. The lowest BCUT2D eigenvalue weighted by Crippen LogP contribution is -2.21. The molecule has 1 aliphatic rings. The standard InChI is InChI=1S/C18H17ClO5/c1-2-3-11-16(22)14-12(21)8-13(9-4-6-10(20)7-5-9)24-18(14)15(19)17(11)23/h4-7,13,20,22-23H,2-3,8H2,1H3. The first kappa shape index (κ1) is 16.5. The highest BCUT2D eigenvalue weighted by Gasteiger charge is 2.35. The molecule has 0 saturated heterocycles. The second-order valence-corrected chi connectivity index (χ2v) is 6.15. The van der Waals surface area contributed by atoms with Gasteiger partial charge in [0.1, 0.15) is 33.9 Å². The highest BCUT2D eigenvalue weighted by atomic mass is 35.5. The van der Waals surface area contributed by atoms with E-state index < -0.39 is 6.10 Å². The minimum atomic E-state index is -0.598. The first-order valence-corrected chi connectivity index (χ1v) is 8.06. The number of aromatic hydroxyl groups is 3. The number of hydrogen-bond donors (Lipinski definition) is 3. The van der Waals surface area contributed by atoms with Crippen LogP contribution in [0.3, 0.4) is 0 Å². The second kappa shape index (κ2) is 6.24. The largest absolute Gasteiger partial charge is 0.508 e. The van der Waals surface area contributed by atoms with Crippen molar-refractivity contribution in [1.82, 2.24) is 0 Å². The van der Waals surface area contributed by atoms with Gasteiger partial charge in [0.05, 0.1) is 6.42 Å². The number of rotatable bonds is 3. The zero-order valence-corrected chi connectivity index (χ0v) is 13.8. The van der Waals surface area contributed by atoms with E-state index in [4.69, 9.17) is 16.3 Å². The fourth-order valence-corrected chi connectivity index (χ4v) is 3.16. The third-order valence-corrected chi connectivity index (χ3v) is 4.47. The molecule has 24 heavy (non-hydrogen) atoms. The molecule has 5 nitrogen and oxygen atoms in total. The number of ketones is 1. The highest BCUT2D eigenvalue weighted by Crippen LogP contribution is 2.50. The van der Waals surface area contributed by atoms with Crippen LogP contribution < -0.4 is 4.74 Å². The number of carbonyl (C=O) groups is 1. The monoisotopic (exact) mass is 348 g/mol. The summed E-state index contributed by atoms with van der Waals surface area (Å²) < 4.78 is 5.80. The van der Waals surface area contributed by atoms with Crippen molar-refractivity contribution < 1.29 is 24.9 Å². The molecule has 1 unspecified atom stereocenters. The fraction of sp³-hybridized carbons (Fsp3) is 0.278. The molecule has 1 aliphatic heterocycles. The Hall–Kier alpha value is -2.40. The van der Waals surface area contributed by atoms with Crippen molar-refractivity contribution in [3.8, 4) is 23.0 Å². The minimum Gasteiger partial charge on any atom is -0.508 e. The van der Waals surface area contributed by atoms with Gasteiger partial charge in [-0.25, -0.2) is 0 Å². The van der Waals surface area contributed by atoms with Gasteiger partial charge in [0.15, 0.2) is 11.5 Å². The molecule has 0 saturated carbocycles. The van der Waals surface area contributed by atoms with Crippen LogP contribution in [0.4, 0.5) is 0 Å². The molecule has 0 spiro atoms. The molecule has 0 aromatic heterocycles. The lowest BCUT2D eigenvalue weighted by Gasteiger charge is -2.28. The summed E-state index contributed by atoms with van der Waals surface area (Å²) in [4.78, 5) is 12.5. The van der Waals surface area contributed by atoms with Crippen LogP contribution in [0, 0.1) is 0 Å². The maximum absolute atomic E-state index is 12.5. The van der Waals surface area contributed by atoms with E-state index in [0.29, 0.717) is 18.4 Å². The van der Waals surface area contributed by atoms with Gasteiger partial charge >= 0.3 is 0 Å². The third-order valence-electron chi connectivity index (χ3n) is 4.12. The van der Waals surface area contributed by atoms with Gasteiger partial charge in [0.2, 0.25) is 0 Å². The van der Waals surface area contributed by atoms with Crippen molar-refractivity contribution >= 4 is 17.4 Å². The Morgan fingerprint density at radius 3 is 2.46 bits per heavy atom. The summed E-state index contributed by atoms with van der Waals surface area (Å²) in [6, 6.07) is 6.30. The Morgan fingerprint density at radius 2 is 1.83 bits per heavy atom. The first-order valence-electron chi connectivity index (χ1n) is 7.69. The molecule has 1 heterocycles. The molecule has 3 N–H and O–H groups in total. The molecule has 3 rings (SSSR count). The number of ether oxygens (including phenoxy) is 1. The number of benzene rings is 2. The Balaban J connectivity index is 2.08. The average molecular weight is 349 g/mol. The summed E-state index contributed by atoms with van der Waals surface area (Å²) in [5, 5.41) is 29.9. The number of halogens is 1. The van der Waals surface area contributed by atoms with Crippen molar-refractivity contribution in [3.63, 3.8) is 0 Å². The van der Waals surface area contributed by atoms with Crippen molar-refractivity contribution in [2.45, 2.75) is 32.3 Å². The van der Waals surface area contributed by atoms with Crippen molar-refractivity contribution in [3.05, 3.63) is 46.0 Å². The number of phenolic OH excluding ortho intramolecular Hbond substituents is 3. The molecule has 1 atom stereocenters. The molecule has 2 aromatic carbocycles. The topological polar surface area (TPSA) is 87.0 Å². The van der Waals surface area contributed by atoms with E-state index in [0.717, 1.165) is 0 Å². The quantitative estimate of drug-likeness (QED) is 0.776. The predicted molar refractivity (Wildman–Crippen MR) is 89.2 cm³/mol. The SMILES string of the molecule is CCCc1c(O)c(Cl)c2c(c1O)C(=O)CC(c1ccc(O)cc1)O2. The van der Waals surface area contributed by atoms with Crippen LogP contribution >= 0.6 is 11.6 Å². The lowest BCUT2D eigenvalue weighted by molar-refractivity contribution is 0.0844. The van der Waals surface area contributed by atoms with E-state index in [9.17, 15) is 20.1 Å². The summed E-state index contributed by atoms with van der Waals surface area (Å²) >= 11 is 6.19.